The number of likely N-dealkylation sites (tertiary alicyclic amines) is 1. The van der Waals surface area contributed by atoms with Crippen LogP contribution in [0.3, 0.4) is 0 Å². The Balaban J connectivity index is 1.20. The Morgan fingerprint density at radius 2 is 2.17 bits per heavy atom. The van der Waals surface area contributed by atoms with Crippen LogP contribution < -0.4 is 0 Å². The predicted octanol–water partition coefficient (Wildman–Crippen LogP) is 1.63. The Morgan fingerprint density at radius 1 is 1.33 bits per heavy atom. The molecule has 0 radical (unpaired) electrons. The molecule has 4 heterocycles. The molecule has 0 N–H and O–H groups in total. The molecule has 0 aromatic carbocycles. The molecule has 24 heavy (non-hydrogen) atoms. The molecule has 0 unspecified atom stereocenters. The molecule has 1 amide bonds. The maximum absolute atomic E-state index is 12.3. The van der Waals surface area contributed by atoms with Crippen LogP contribution in [0, 0.1) is 5.92 Å². The van der Waals surface area contributed by atoms with E-state index in [0.717, 1.165) is 64.5 Å². The van der Waals surface area contributed by atoms with Gasteiger partial charge in [0, 0.05) is 19.6 Å². The van der Waals surface area contributed by atoms with Gasteiger partial charge in [0.05, 0.1) is 39.3 Å². The highest BCUT2D eigenvalue weighted by Crippen LogP contribution is 2.36. The number of thiophene rings is 1. The van der Waals surface area contributed by atoms with Gasteiger partial charge < -0.3 is 14.4 Å². The maximum Gasteiger partial charge on any atom is 0.227 e. The lowest BCUT2D eigenvalue weighted by molar-refractivity contribution is -0.189. The van der Waals surface area contributed by atoms with E-state index in [1.807, 2.05) is 16.3 Å². The minimum atomic E-state index is -0.0498. The van der Waals surface area contributed by atoms with Gasteiger partial charge in [-0.3, -0.25) is 9.69 Å². The highest BCUT2D eigenvalue weighted by molar-refractivity contribution is 7.07. The Morgan fingerprint density at radius 3 is 2.83 bits per heavy atom. The average Bonchev–Trinajstić information content (AvgIpc) is 3.07. The van der Waals surface area contributed by atoms with E-state index in [1.54, 1.807) is 11.3 Å². The number of amides is 1. The summed E-state index contributed by atoms with van der Waals surface area (Å²) in [7, 11) is 0. The van der Waals surface area contributed by atoms with Gasteiger partial charge in [-0.1, -0.05) is 0 Å². The molecule has 1 spiro atoms. The number of carbonyl (C=O) groups excluding carboxylic acids is 1. The first-order valence-electron chi connectivity index (χ1n) is 8.95. The second-order valence-electron chi connectivity index (χ2n) is 7.37. The predicted molar refractivity (Wildman–Crippen MR) is 93.3 cm³/mol. The topological polar surface area (TPSA) is 42.0 Å². The minimum Gasteiger partial charge on any atom is -0.379 e. The largest absolute Gasteiger partial charge is 0.379 e. The third kappa shape index (κ3) is 3.67. The van der Waals surface area contributed by atoms with Crippen molar-refractivity contribution in [3.05, 3.63) is 22.4 Å². The molecule has 1 aromatic rings. The number of carbonyl (C=O) groups is 1. The van der Waals surface area contributed by atoms with Gasteiger partial charge >= 0.3 is 0 Å². The van der Waals surface area contributed by atoms with E-state index in [4.69, 9.17) is 9.47 Å². The normalized spacial score (nSPS) is 27.2. The molecule has 0 bridgehead atoms. The summed E-state index contributed by atoms with van der Waals surface area (Å²) < 4.78 is 11.6. The molecule has 3 aliphatic heterocycles. The molecule has 0 saturated carbocycles. The van der Waals surface area contributed by atoms with Gasteiger partial charge in [0.2, 0.25) is 5.91 Å². The highest BCUT2D eigenvalue weighted by Gasteiger charge is 2.48. The van der Waals surface area contributed by atoms with Crippen molar-refractivity contribution in [3.63, 3.8) is 0 Å². The van der Waals surface area contributed by atoms with Gasteiger partial charge in [0.25, 0.3) is 0 Å². The summed E-state index contributed by atoms with van der Waals surface area (Å²) in [5.74, 6) is 0.863. The monoisotopic (exact) mass is 350 g/mol. The van der Waals surface area contributed by atoms with E-state index < -0.39 is 0 Å². The van der Waals surface area contributed by atoms with Crippen molar-refractivity contribution in [2.24, 2.45) is 5.92 Å². The van der Waals surface area contributed by atoms with Crippen LogP contribution >= 0.6 is 11.3 Å². The van der Waals surface area contributed by atoms with Gasteiger partial charge in [0.1, 0.15) is 5.60 Å². The van der Waals surface area contributed by atoms with Crippen molar-refractivity contribution in [2.75, 3.05) is 52.5 Å². The van der Waals surface area contributed by atoms with Gasteiger partial charge in [-0.15, -0.1) is 0 Å². The molecular weight excluding hydrogens is 324 g/mol. The van der Waals surface area contributed by atoms with Gasteiger partial charge in [-0.2, -0.15) is 11.3 Å². The zero-order valence-electron chi connectivity index (χ0n) is 14.1. The summed E-state index contributed by atoms with van der Waals surface area (Å²) in [6, 6.07) is 2.03. The Bertz CT molecular complexity index is 541. The van der Waals surface area contributed by atoms with Crippen molar-refractivity contribution in [2.45, 2.75) is 24.9 Å². The molecule has 4 rings (SSSR count). The first-order valence-corrected chi connectivity index (χ1v) is 9.90. The summed E-state index contributed by atoms with van der Waals surface area (Å²) in [6.07, 6.45) is 2.83. The molecule has 1 atom stereocenters. The molecule has 0 aliphatic carbocycles. The first-order chi connectivity index (χ1) is 11.7. The van der Waals surface area contributed by atoms with E-state index in [2.05, 4.69) is 10.3 Å². The van der Waals surface area contributed by atoms with Crippen LogP contribution in [-0.2, 0) is 20.7 Å². The molecule has 5 nitrogen and oxygen atoms in total. The van der Waals surface area contributed by atoms with Crippen molar-refractivity contribution in [1.82, 2.24) is 9.80 Å². The second-order valence-corrected chi connectivity index (χ2v) is 8.15. The van der Waals surface area contributed by atoms with Crippen LogP contribution in [0.15, 0.2) is 16.8 Å². The fourth-order valence-corrected chi connectivity index (χ4v) is 4.63. The molecule has 3 saturated heterocycles. The fourth-order valence-electron chi connectivity index (χ4n) is 3.96. The van der Waals surface area contributed by atoms with E-state index in [-0.39, 0.29) is 11.5 Å². The zero-order chi connectivity index (χ0) is 16.4. The third-order valence-corrected chi connectivity index (χ3v) is 6.23. The van der Waals surface area contributed by atoms with Gasteiger partial charge in [0.15, 0.2) is 0 Å². The smallest absolute Gasteiger partial charge is 0.227 e. The highest BCUT2D eigenvalue weighted by atomic mass is 32.1. The molecule has 1 aromatic heterocycles. The number of nitrogens with zero attached hydrogens (tertiary/aromatic N) is 2. The molecule has 6 heteroatoms. The first kappa shape index (κ1) is 16.5. The maximum atomic E-state index is 12.3. The third-order valence-electron chi connectivity index (χ3n) is 5.50. The molecule has 3 fully saturated rings. The van der Waals surface area contributed by atoms with Crippen molar-refractivity contribution >= 4 is 17.2 Å². The van der Waals surface area contributed by atoms with Crippen molar-refractivity contribution in [3.8, 4) is 0 Å². The summed E-state index contributed by atoms with van der Waals surface area (Å²) >= 11 is 1.65. The summed E-state index contributed by atoms with van der Waals surface area (Å²) in [6.45, 7) is 7.33. The minimum absolute atomic E-state index is 0.0498. The summed E-state index contributed by atoms with van der Waals surface area (Å²) in [4.78, 5) is 16.8. The van der Waals surface area contributed by atoms with Crippen LogP contribution in [0.1, 0.15) is 18.4 Å². The van der Waals surface area contributed by atoms with E-state index in [9.17, 15) is 4.79 Å². The van der Waals surface area contributed by atoms with Crippen LogP contribution in [0.5, 0.6) is 0 Å². The SMILES string of the molecule is O=C(Cc1ccsc1)N1CC2(CC[C@H](CN3CCOCC3)CO2)C1. The number of morpholine rings is 1. The van der Waals surface area contributed by atoms with Crippen molar-refractivity contribution < 1.29 is 14.3 Å². The second kappa shape index (κ2) is 7.12. The van der Waals surface area contributed by atoms with Crippen LogP contribution in [0.4, 0.5) is 0 Å². The van der Waals surface area contributed by atoms with Gasteiger partial charge in [-0.05, 0) is 41.1 Å². The van der Waals surface area contributed by atoms with E-state index in [0.29, 0.717) is 12.3 Å². The molecule has 132 valence electrons. The summed E-state index contributed by atoms with van der Waals surface area (Å²) in [5.41, 5.74) is 1.08. The number of hydrogen-bond donors (Lipinski definition) is 0. The van der Waals surface area contributed by atoms with E-state index >= 15 is 0 Å². The number of hydrogen-bond acceptors (Lipinski definition) is 5. The van der Waals surface area contributed by atoms with Crippen LogP contribution in [-0.4, -0.2) is 73.9 Å². The van der Waals surface area contributed by atoms with Crippen molar-refractivity contribution in [1.29, 1.82) is 0 Å². The molecular formula is C18H26N2O3S. The summed E-state index contributed by atoms with van der Waals surface area (Å²) in [5, 5.41) is 4.08. The average molecular weight is 350 g/mol. The standard InChI is InChI=1S/C18H26N2O3S/c21-17(9-15-2-8-24-12-15)20-13-18(14-20)3-1-16(11-23-18)10-19-4-6-22-7-5-19/h2,8,12,16H,1,3-7,9-11,13-14H2/t16-/m1/s1. The number of rotatable bonds is 4. The van der Waals surface area contributed by atoms with Crippen LogP contribution in [0.2, 0.25) is 0 Å². The lowest BCUT2D eigenvalue weighted by Gasteiger charge is -2.53. The Labute approximate surface area is 147 Å². The van der Waals surface area contributed by atoms with Crippen LogP contribution in [0.25, 0.3) is 0 Å². The lowest BCUT2D eigenvalue weighted by atomic mass is 9.82. The quantitative estimate of drug-likeness (QED) is 0.828. The Hall–Kier alpha value is -0.950. The zero-order valence-corrected chi connectivity index (χ0v) is 14.9. The van der Waals surface area contributed by atoms with E-state index in [1.165, 1.54) is 6.42 Å². The van der Waals surface area contributed by atoms with Gasteiger partial charge in [-0.25, -0.2) is 0 Å². The number of ether oxygens (including phenoxy) is 2. The fraction of sp³-hybridized carbons (Fsp3) is 0.722. The molecule has 3 aliphatic rings. The Kier molecular flexibility index (Phi) is 4.90. The lowest BCUT2D eigenvalue weighted by Crippen LogP contribution is -2.66.